The summed E-state index contributed by atoms with van der Waals surface area (Å²) in [4.78, 5) is 2.43. The second-order valence-electron chi connectivity index (χ2n) is 8.47. The van der Waals surface area contributed by atoms with Crippen LogP contribution in [0.25, 0.3) is 0 Å². The number of nitrogens with zero attached hydrogens (tertiary/aromatic N) is 1. The highest BCUT2D eigenvalue weighted by Crippen LogP contribution is 2.29. The molecule has 1 heterocycles. The van der Waals surface area contributed by atoms with Gasteiger partial charge in [0, 0.05) is 13.1 Å². The molecule has 28 heavy (non-hydrogen) atoms. The van der Waals surface area contributed by atoms with Crippen molar-refractivity contribution in [1.82, 2.24) is 4.90 Å². The number of rotatable bonds is 6. The first-order valence-corrected chi connectivity index (χ1v) is 10.6. The van der Waals surface area contributed by atoms with E-state index < -0.39 is 5.60 Å². The van der Waals surface area contributed by atoms with E-state index in [2.05, 4.69) is 43.0 Å². The molecule has 1 N–H and O–H groups in total. The topological polar surface area (TPSA) is 32.7 Å². The van der Waals surface area contributed by atoms with Crippen molar-refractivity contribution >= 4 is 11.6 Å². The van der Waals surface area contributed by atoms with Crippen LogP contribution in [0.2, 0.25) is 5.02 Å². The quantitative estimate of drug-likeness (QED) is 0.686. The Labute approximate surface area is 174 Å². The number of halogens is 1. The minimum absolute atomic E-state index is 0.285. The minimum atomic E-state index is -0.802. The molecule has 4 heteroatoms. The summed E-state index contributed by atoms with van der Waals surface area (Å²) in [6, 6.07) is 14.7. The van der Waals surface area contributed by atoms with Gasteiger partial charge in [-0.2, -0.15) is 0 Å². The second-order valence-corrected chi connectivity index (χ2v) is 8.88. The van der Waals surface area contributed by atoms with Crippen molar-refractivity contribution in [2.45, 2.75) is 58.1 Å². The highest BCUT2D eigenvalue weighted by Gasteiger charge is 2.31. The fourth-order valence-electron chi connectivity index (χ4n) is 3.74. The average molecular weight is 402 g/mol. The van der Waals surface area contributed by atoms with Gasteiger partial charge in [-0.25, -0.2) is 0 Å². The Balaban J connectivity index is 1.55. The van der Waals surface area contributed by atoms with E-state index in [9.17, 15) is 5.11 Å². The van der Waals surface area contributed by atoms with E-state index in [0.29, 0.717) is 23.1 Å². The molecule has 0 unspecified atom stereocenters. The van der Waals surface area contributed by atoms with E-state index in [0.717, 1.165) is 38.0 Å². The molecule has 152 valence electrons. The van der Waals surface area contributed by atoms with Crippen molar-refractivity contribution in [2.24, 2.45) is 0 Å². The van der Waals surface area contributed by atoms with Gasteiger partial charge < -0.3 is 9.84 Å². The lowest BCUT2D eigenvalue weighted by molar-refractivity contribution is -0.0168. The number of likely N-dealkylation sites (tertiary alicyclic amines) is 1. The molecule has 2 aromatic carbocycles. The predicted molar refractivity (Wildman–Crippen MR) is 116 cm³/mol. The lowest BCUT2D eigenvalue weighted by Gasteiger charge is -2.27. The number of ether oxygens (including phenoxy) is 1. The molecule has 1 saturated heterocycles. The Morgan fingerprint density at radius 1 is 1.11 bits per heavy atom. The van der Waals surface area contributed by atoms with E-state index >= 15 is 0 Å². The van der Waals surface area contributed by atoms with E-state index in [4.69, 9.17) is 16.3 Å². The molecule has 2 aromatic rings. The number of aryl methyl sites for hydroxylation is 1. The summed E-state index contributed by atoms with van der Waals surface area (Å²) in [6.07, 6.45) is 2.42. The SMILES string of the molecule is Cc1ccc(Cl)c(OC[C@@]2(O)CCCN(Cc3ccc(C(C)C)cc3)CC2)c1. The van der Waals surface area contributed by atoms with Gasteiger partial charge in [0.25, 0.3) is 0 Å². The largest absolute Gasteiger partial charge is 0.489 e. The summed E-state index contributed by atoms with van der Waals surface area (Å²) in [5.74, 6) is 1.21. The Morgan fingerprint density at radius 3 is 2.57 bits per heavy atom. The maximum absolute atomic E-state index is 11.1. The smallest absolute Gasteiger partial charge is 0.138 e. The van der Waals surface area contributed by atoms with Gasteiger partial charge in [0.2, 0.25) is 0 Å². The summed E-state index contributed by atoms with van der Waals surface area (Å²) in [6.45, 7) is 9.53. The van der Waals surface area contributed by atoms with Crippen LogP contribution in [-0.4, -0.2) is 35.3 Å². The van der Waals surface area contributed by atoms with Crippen molar-refractivity contribution in [2.75, 3.05) is 19.7 Å². The molecular formula is C24H32ClNO2. The highest BCUT2D eigenvalue weighted by molar-refractivity contribution is 6.32. The van der Waals surface area contributed by atoms with Gasteiger partial charge in [-0.3, -0.25) is 4.90 Å². The van der Waals surface area contributed by atoms with E-state index in [-0.39, 0.29) is 6.61 Å². The van der Waals surface area contributed by atoms with Crippen LogP contribution in [0.1, 0.15) is 55.7 Å². The summed E-state index contributed by atoms with van der Waals surface area (Å²) in [5, 5.41) is 11.7. The van der Waals surface area contributed by atoms with Crippen LogP contribution in [0.15, 0.2) is 42.5 Å². The molecule has 0 radical (unpaired) electrons. The third kappa shape index (κ3) is 5.73. The molecule has 0 amide bonds. The van der Waals surface area contributed by atoms with Crippen LogP contribution in [0.5, 0.6) is 5.75 Å². The zero-order valence-electron chi connectivity index (χ0n) is 17.2. The van der Waals surface area contributed by atoms with Crippen LogP contribution in [0.3, 0.4) is 0 Å². The summed E-state index contributed by atoms with van der Waals surface area (Å²) >= 11 is 6.22. The number of benzene rings is 2. The van der Waals surface area contributed by atoms with Crippen LogP contribution in [-0.2, 0) is 6.54 Å². The zero-order valence-corrected chi connectivity index (χ0v) is 18.0. The van der Waals surface area contributed by atoms with Crippen molar-refractivity contribution in [3.63, 3.8) is 0 Å². The van der Waals surface area contributed by atoms with Gasteiger partial charge in [-0.1, -0.05) is 55.8 Å². The standard InChI is InChI=1S/C24H32ClNO2/c1-18(2)21-8-6-20(7-9-21)16-26-13-4-11-24(27,12-14-26)17-28-23-15-19(3)5-10-22(23)25/h5-10,15,18,27H,4,11-14,16-17H2,1-3H3/t24-/m1/s1. The third-order valence-corrected chi connectivity index (χ3v) is 5.96. The van der Waals surface area contributed by atoms with Crippen LogP contribution >= 0.6 is 11.6 Å². The summed E-state index contributed by atoms with van der Waals surface area (Å²) in [5.41, 5.74) is 3.00. The van der Waals surface area contributed by atoms with Crippen molar-refractivity contribution in [1.29, 1.82) is 0 Å². The van der Waals surface area contributed by atoms with Gasteiger partial charge in [0.15, 0.2) is 0 Å². The Kier molecular flexibility index (Phi) is 7.03. The summed E-state index contributed by atoms with van der Waals surface area (Å²) in [7, 11) is 0. The maximum Gasteiger partial charge on any atom is 0.138 e. The maximum atomic E-state index is 11.1. The normalized spacial score (nSPS) is 20.9. The monoisotopic (exact) mass is 401 g/mol. The summed E-state index contributed by atoms with van der Waals surface area (Å²) < 4.78 is 5.90. The lowest BCUT2D eigenvalue weighted by atomic mass is 9.96. The van der Waals surface area contributed by atoms with Crippen molar-refractivity contribution in [3.05, 3.63) is 64.2 Å². The second kappa shape index (κ2) is 9.30. The lowest BCUT2D eigenvalue weighted by Crippen LogP contribution is -2.37. The van der Waals surface area contributed by atoms with Gasteiger partial charge in [0.1, 0.15) is 12.4 Å². The number of hydrogen-bond acceptors (Lipinski definition) is 3. The molecule has 1 aliphatic rings. The predicted octanol–water partition coefficient (Wildman–Crippen LogP) is 5.57. The molecule has 0 spiro atoms. The van der Waals surface area contributed by atoms with Crippen LogP contribution < -0.4 is 4.74 Å². The molecule has 1 aliphatic heterocycles. The van der Waals surface area contributed by atoms with E-state index in [1.165, 1.54) is 11.1 Å². The van der Waals surface area contributed by atoms with Crippen molar-refractivity contribution < 1.29 is 9.84 Å². The average Bonchev–Trinajstić information content (AvgIpc) is 2.85. The van der Waals surface area contributed by atoms with E-state index in [1.54, 1.807) is 0 Å². The Morgan fingerprint density at radius 2 is 1.86 bits per heavy atom. The fourth-order valence-corrected chi connectivity index (χ4v) is 3.91. The van der Waals surface area contributed by atoms with E-state index in [1.807, 2.05) is 25.1 Å². The third-order valence-electron chi connectivity index (χ3n) is 5.65. The molecular weight excluding hydrogens is 370 g/mol. The van der Waals surface area contributed by atoms with Gasteiger partial charge >= 0.3 is 0 Å². The minimum Gasteiger partial charge on any atom is -0.489 e. The van der Waals surface area contributed by atoms with Crippen LogP contribution in [0, 0.1) is 6.92 Å². The molecule has 0 aliphatic carbocycles. The molecule has 0 saturated carbocycles. The fraction of sp³-hybridized carbons (Fsp3) is 0.500. The van der Waals surface area contributed by atoms with Gasteiger partial charge in [0.05, 0.1) is 10.6 Å². The molecule has 3 nitrogen and oxygen atoms in total. The Hall–Kier alpha value is -1.55. The number of hydrogen-bond donors (Lipinski definition) is 1. The highest BCUT2D eigenvalue weighted by atomic mass is 35.5. The molecule has 1 fully saturated rings. The first-order valence-electron chi connectivity index (χ1n) is 10.3. The number of aliphatic hydroxyl groups is 1. The Bertz CT molecular complexity index is 775. The van der Waals surface area contributed by atoms with Crippen molar-refractivity contribution in [3.8, 4) is 5.75 Å². The molecule has 1 atom stereocenters. The first kappa shape index (κ1) is 21.2. The van der Waals surface area contributed by atoms with Gasteiger partial charge in [-0.15, -0.1) is 0 Å². The zero-order chi connectivity index (χ0) is 20.1. The van der Waals surface area contributed by atoms with Gasteiger partial charge in [-0.05, 0) is 67.5 Å². The first-order chi connectivity index (χ1) is 13.3. The van der Waals surface area contributed by atoms with Crippen LogP contribution in [0.4, 0.5) is 0 Å². The molecule has 0 aromatic heterocycles. The molecule has 0 bridgehead atoms. The molecule has 3 rings (SSSR count).